The Bertz CT molecular complexity index is 768. The number of rotatable bonds is 10. The lowest BCUT2D eigenvalue weighted by Gasteiger charge is -2.14. The maximum absolute atomic E-state index is 12.2. The number of aryl methyl sites for hydroxylation is 1. The molecule has 0 aliphatic carbocycles. The molecule has 0 bridgehead atoms. The highest BCUT2D eigenvalue weighted by molar-refractivity contribution is 5.91. The number of aliphatic hydroxyl groups excluding tert-OH is 1. The number of aromatic carboxylic acids is 1. The fourth-order valence-electron chi connectivity index (χ4n) is 2.54. The van der Waals surface area contributed by atoms with Crippen molar-refractivity contribution in [2.24, 2.45) is 5.92 Å². The van der Waals surface area contributed by atoms with Crippen molar-refractivity contribution in [2.75, 3.05) is 6.61 Å². The first-order valence-corrected chi connectivity index (χ1v) is 9.24. The van der Waals surface area contributed by atoms with Gasteiger partial charge in [0, 0.05) is 5.92 Å². The van der Waals surface area contributed by atoms with Crippen LogP contribution in [0, 0.1) is 5.92 Å². The van der Waals surface area contributed by atoms with Gasteiger partial charge in [-0.15, -0.1) is 0 Å². The van der Waals surface area contributed by atoms with Crippen LogP contribution in [0.2, 0.25) is 0 Å². The summed E-state index contributed by atoms with van der Waals surface area (Å²) in [6.45, 7) is 6.54. The van der Waals surface area contributed by atoms with Crippen LogP contribution < -0.4 is 0 Å². The van der Waals surface area contributed by atoms with Gasteiger partial charge in [-0.2, -0.15) is 0 Å². The number of carboxylic acids is 1. The second-order valence-corrected chi connectivity index (χ2v) is 7.69. The molecule has 6 nitrogen and oxygen atoms in total. The van der Waals surface area contributed by atoms with Crippen LogP contribution >= 0.6 is 0 Å². The highest BCUT2D eigenvalue weighted by Crippen LogP contribution is 2.28. The number of benzene rings is 1. The summed E-state index contributed by atoms with van der Waals surface area (Å²) >= 11 is 0. The molecule has 0 saturated heterocycles. The number of aromatic hydroxyl groups is 1. The molecule has 1 atom stereocenters. The van der Waals surface area contributed by atoms with Crippen LogP contribution in [0.15, 0.2) is 35.9 Å². The molecule has 6 heteroatoms. The van der Waals surface area contributed by atoms with E-state index in [9.17, 15) is 24.9 Å². The summed E-state index contributed by atoms with van der Waals surface area (Å²) in [6.07, 6.45) is 5.59. The summed E-state index contributed by atoms with van der Waals surface area (Å²) in [6, 6.07) is 2.84. The Hall–Kier alpha value is -2.44. The van der Waals surface area contributed by atoms with E-state index < -0.39 is 11.6 Å². The van der Waals surface area contributed by atoms with Gasteiger partial charge >= 0.3 is 5.97 Å². The first-order chi connectivity index (χ1) is 12.9. The minimum absolute atomic E-state index is 0.0127. The fourth-order valence-corrected chi connectivity index (χ4v) is 2.54. The van der Waals surface area contributed by atoms with E-state index in [-0.39, 0.29) is 29.6 Å². The Kier molecular flexibility index (Phi) is 8.60. The molecule has 0 fully saturated rings. The summed E-state index contributed by atoms with van der Waals surface area (Å²) < 4.78 is 0. The molecule has 1 rings (SSSR count). The normalized spacial score (nSPS) is 13.7. The molecule has 28 heavy (non-hydrogen) atoms. The van der Waals surface area contributed by atoms with Crippen molar-refractivity contribution < 1.29 is 30.0 Å². The van der Waals surface area contributed by atoms with E-state index in [0.29, 0.717) is 30.4 Å². The highest BCUT2D eigenvalue weighted by atomic mass is 16.4. The molecule has 1 unspecified atom stereocenters. The quantitative estimate of drug-likeness (QED) is 0.361. The number of phenols is 1. The SMILES string of the molecule is C/C(=C\Cc1cc(C(=O)O)cc(CCC(C)C(=O)/C=C/C(C)(C)O)c1O)CO. The number of carbonyl (C=O) groups excluding carboxylic acids is 1. The maximum Gasteiger partial charge on any atom is 0.335 e. The second kappa shape index (κ2) is 10.2. The van der Waals surface area contributed by atoms with Gasteiger partial charge in [-0.25, -0.2) is 4.79 Å². The van der Waals surface area contributed by atoms with Gasteiger partial charge in [0.1, 0.15) is 5.75 Å². The number of aliphatic hydroxyl groups is 2. The molecule has 4 N–H and O–H groups in total. The van der Waals surface area contributed by atoms with Gasteiger partial charge in [0.15, 0.2) is 5.78 Å². The number of carbonyl (C=O) groups is 2. The van der Waals surface area contributed by atoms with Gasteiger partial charge in [0.25, 0.3) is 0 Å². The largest absolute Gasteiger partial charge is 0.507 e. The van der Waals surface area contributed by atoms with E-state index in [1.807, 2.05) is 0 Å². The molecular weight excluding hydrogens is 360 g/mol. The van der Waals surface area contributed by atoms with Crippen molar-refractivity contribution in [1.82, 2.24) is 0 Å². The van der Waals surface area contributed by atoms with E-state index in [1.165, 1.54) is 24.3 Å². The van der Waals surface area contributed by atoms with Crippen molar-refractivity contribution in [3.05, 3.63) is 52.6 Å². The number of allylic oxidation sites excluding steroid dienone is 2. The lowest BCUT2D eigenvalue weighted by Crippen LogP contribution is -2.16. The first kappa shape index (κ1) is 23.6. The van der Waals surface area contributed by atoms with Crippen molar-refractivity contribution in [3.63, 3.8) is 0 Å². The molecule has 0 aliphatic heterocycles. The molecule has 1 aromatic carbocycles. The number of hydrogen-bond acceptors (Lipinski definition) is 5. The monoisotopic (exact) mass is 390 g/mol. The topological polar surface area (TPSA) is 115 Å². The Labute approximate surface area is 165 Å². The van der Waals surface area contributed by atoms with Gasteiger partial charge in [0.2, 0.25) is 0 Å². The third-order valence-corrected chi connectivity index (χ3v) is 4.42. The molecule has 154 valence electrons. The van der Waals surface area contributed by atoms with Crippen molar-refractivity contribution in [1.29, 1.82) is 0 Å². The van der Waals surface area contributed by atoms with E-state index in [1.54, 1.807) is 33.8 Å². The average Bonchev–Trinajstić information content (AvgIpc) is 2.62. The molecule has 0 radical (unpaired) electrons. The predicted molar refractivity (Wildman–Crippen MR) is 108 cm³/mol. The fraction of sp³-hybridized carbons (Fsp3) is 0.455. The zero-order chi connectivity index (χ0) is 21.5. The number of hydrogen-bond donors (Lipinski definition) is 4. The lowest BCUT2D eigenvalue weighted by molar-refractivity contribution is -0.118. The van der Waals surface area contributed by atoms with E-state index in [2.05, 4.69) is 0 Å². The summed E-state index contributed by atoms with van der Waals surface area (Å²) in [5.74, 6) is -1.56. The van der Waals surface area contributed by atoms with Crippen LogP contribution in [0.25, 0.3) is 0 Å². The number of carboxylic acid groups (broad SMARTS) is 1. The van der Waals surface area contributed by atoms with Crippen molar-refractivity contribution in [2.45, 2.75) is 52.6 Å². The lowest BCUT2D eigenvalue weighted by atomic mass is 9.93. The Balaban J connectivity index is 3.00. The Morgan fingerprint density at radius 1 is 1.21 bits per heavy atom. The first-order valence-electron chi connectivity index (χ1n) is 9.24. The van der Waals surface area contributed by atoms with Gasteiger partial charge < -0.3 is 20.4 Å². The molecule has 0 saturated carbocycles. The minimum atomic E-state index is -1.09. The number of phenolic OH excluding ortho intramolecular Hbond substituents is 1. The summed E-state index contributed by atoms with van der Waals surface area (Å²) in [5, 5.41) is 38.6. The third kappa shape index (κ3) is 7.66. The molecular formula is C22H30O6. The van der Waals surface area contributed by atoms with Gasteiger partial charge in [0.05, 0.1) is 17.8 Å². The van der Waals surface area contributed by atoms with Crippen LogP contribution in [-0.2, 0) is 17.6 Å². The molecule has 0 spiro atoms. The van der Waals surface area contributed by atoms with Crippen molar-refractivity contribution in [3.8, 4) is 5.75 Å². The molecule has 0 amide bonds. The van der Waals surface area contributed by atoms with Crippen LogP contribution in [0.3, 0.4) is 0 Å². The maximum atomic E-state index is 12.2. The van der Waals surface area contributed by atoms with Crippen LogP contribution in [0.4, 0.5) is 0 Å². The zero-order valence-corrected chi connectivity index (χ0v) is 16.9. The summed E-state index contributed by atoms with van der Waals surface area (Å²) in [5.41, 5.74) is 0.649. The van der Waals surface area contributed by atoms with Gasteiger partial charge in [-0.3, -0.25) is 4.79 Å². The van der Waals surface area contributed by atoms with E-state index in [0.717, 1.165) is 5.57 Å². The number of ketones is 1. The second-order valence-electron chi connectivity index (χ2n) is 7.69. The summed E-state index contributed by atoms with van der Waals surface area (Å²) in [7, 11) is 0. The van der Waals surface area contributed by atoms with E-state index >= 15 is 0 Å². The molecule has 1 aromatic rings. The molecule has 0 aromatic heterocycles. The molecule has 0 heterocycles. The van der Waals surface area contributed by atoms with E-state index in [4.69, 9.17) is 5.11 Å². The van der Waals surface area contributed by atoms with Crippen LogP contribution in [-0.4, -0.2) is 44.4 Å². The van der Waals surface area contributed by atoms with Gasteiger partial charge in [-0.1, -0.05) is 24.6 Å². The highest BCUT2D eigenvalue weighted by Gasteiger charge is 2.17. The van der Waals surface area contributed by atoms with Gasteiger partial charge in [-0.05, 0) is 69.4 Å². The predicted octanol–water partition coefficient (Wildman–Crippen LogP) is 3.04. The third-order valence-electron chi connectivity index (χ3n) is 4.42. The average molecular weight is 390 g/mol. The van der Waals surface area contributed by atoms with Crippen molar-refractivity contribution >= 4 is 11.8 Å². The zero-order valence-electron chi connectivity index (χ0n) is 16.9. The minimum Gasteiger partial charge on any atom is -0.507 e. The van der Waals surface area contributed by atoms with Crippen LogP contribution in [0.1, 0.15) is 55.6 Å². The summed E-state index contributed by atoms with van der Waals surface area (Å²) in [4.78, 5) is 23.6. The molecule has 0 aliphatic rings. The standard InChI is InChI=1S/C22H30O6/c1-14(13-23)5-7-16-11-18(21(26)27)12-17(20(16)25)8-6-15(2)19(24)9-10-22(3,4)28/h5,9-12,15,23,25,28H,6-8,13H2,1-4H3,(H,26,27)/b10-9+,14-5+. The van der Waals surface area contributed by atoms with Crippen LogP contribution in [0.5, 0.6) is 5.75 Å². The Morgan fingerprint density at radius 3 is 2.36 bits per heavy atom. The Morgan fingerprint density at radius 2 is 1.82 bits per heavy atom. The smallest absolute Gasteiger partial charge is 0.335 e.